The lowest BCUT2D eigenvalue weighted by Gasteiger charge is -2.13. The summed E-state index contributed by atoms with van der Waals surface area (Å²) in [5.41, 5.74) is 3.41. The number of aryl methyl sites for hydroxylation is 2. The lowest BCUT2D eigenvalue weighted by atomic mass is 10.1. The van der Waals surface area contributed by atoms with Crippen LogP contribution in [-0.4, -0.2) is 27.5 Å². The smallest absolute Gasteiger partial charge is 0.262 e. The van der Waals surface area contributed by atoms with Crippen LogP contribution >= 0.6 is 15.9 Å². The second kappa shape index (κ2) is 10.8. The SMILES string of the molecule is Cc1cc(Br)cc(C)c1OCC(=O)Nc1ccc(S(=O)(=O)NCCc2ccccc2)cc1. The number of carbonyl (C=O) groups is 1. The van der Waals surface area contributed by atoms with E-state index in [0.717, 1.165) is 21.2 Å². The lowest BCUT2D eigenvalue weighted by molar-refractivity contribution is -0.118. The first-order chi connectivity index (χ1) is 15.2. The molecule has 0 aromatic heterocycles. The normalized spacial score (nSPS) is 11.2. The highest BCUT2D eigenvalue weighted by Crippen LogP contribution is 2.27. The molecule has 0 bridgehead atoms. The number of halogens is 1. The first kappa shape index (κ1) is 24.0. The summed E-state index contributed by atoms with van der Waals surface area (Å²) in [7, 11) is -3.63. The zero-order valence-electron chi connectivity index (χ0n) is 17.9. The summed E-state index contributed by atoms with van der Waals surface area (Å²) < 4.78 is 34.2. The van der Waals surface area contributed by atoms with E-state index in [0.29, 0.717) is 24.4 Å². The largest absolute Gasteiger partial charge is 0.483 e. The van der Waals surface area contributed by atoms with Gasteiger partial charge in [0.1, 0.15) is 5.75 Å². The topological polar surface area (TPSA) is 84.5 Å². The molecule has 0 aliphatic carbocycles. The Balaban J connectivity index is 1.53. The molecule has 0 saturated heterocycles. The molecular weight excluding hydrogens is 492 g/mol. The second-order valence-corrected chi connectivity index (χ2v) is 10.0. The molecule has 3 aromatic carbocycles. The van der Waals surface area contributed by atoms with Crippen LogP contribution in [0.15, 0.2) is 76.1 Å². The van der Waals surface area contributed by atoms with Gasteiger partial charge in [-0.05, 0) is 73.4 Å². The molecule has 0 aliphatic heterocycles. The molecule has 0 fully saturated rings. The van der Waals surface area contributed by atoms with Gasteiger partial charge in [0.15, 0.2) is 6.61 Å². The molecule has 6 nitrogen and oxygen atoms in total. The number of carbonyl (C=O) groups excluding carboxylic acids is 1. The van der Waals surface area contributed by atoms with Gasteiger partial charge >= 0.3 is 0 Å². The van der Waals surface area contributed by atoms with Crippen molar-refractivity contribution in [1.29, 1.82) is 0 Å². The Morgan fingerprint density at radius 3 is 2.22 bits per heavy atom. The predicted octanol–water partition coefficient (Wildman–Crippen LogP) is 4.60. The Bertz CT molecular complexity index is 1160. The maximum Gasteiger partial charge on any atom is 0.262 e. The van der Waals surface area contributed by atoms with Gasteiger partial charge in [0.05, 0.1) is 4.90 Å². The van der Waals surface area contributed by atoms with E-state index in [2.05, 4.69) is 26.0 Å². The summed E-state index contributed by atoms with van der Waals surface area (Å²) in [6, 6.07) is 19.5. The van der Waals surface area contributed by atoms with Gasteiger partial charge in [-0.2, -0.15) is 0 Å². The standard InChI is InChI=1S/C24H25BrN2O4S/c1-17-14-20(25)15-18(2)24(17)31-16-23(28)27-21-8-10-22(11-9-21)32(29,30)26-13-12-19-6-4-3-5-7-19/h3-11,14-15,26H,12-13,16H2,1-2H3,(H,27,28). The van der Waals surface area contributed by atoms with Gasteiger partial charge < -0.3 is 10.1 Å². The number of hydrogen-bond acceptors (Lipinski definition) is 4. The highest BCUT2D eigenvalue weighted by Gasteiger charge is 2.14. The zero-order valence-corrected chi connectivity index (χ0v) is 20.3. The van der Waals surface area contributed by atoms with Crippen LogP contribution in [0.4, 0.5) is 5.69 Å². The number of nitrogens with one attached hydrogen (secondary N) is 2. The van der Waals surface area contributed by atoms with Crippen molar-refractivity contribution in [3.05, 3.63) is 87.9 Å². The van der Waals surface area contributed by atoms with Crippen LogP contribution in [0.1, 0.15) is 16.7 Å². The van der Waals surface area contributed by atoms with Gasteiger partial charge in [-0.25, -0.2) is 13.1 Å². The van der Waals surface area contributed by atoms with E-state index in [-0.39, 0.29) is 17.4 Å². The quantitative estimate of drug-likeness (QED) is 0.435. The van der Waals surface area contributed by atoms with Crippen LogP contribution in [-0.2, 0) is 21.2 Å². The molecule has 168 valence electrons. The maximum atomic E-state index is 12.5. The summed E-state index contributed by atoms with van der Waals surface area (Å²) in [6.45, 7) is 3.98. The number of sulfonamides is 1. The van der Waals surface area contributed by atoms with Crippen molar-refractivity contribution in [2.75, 3.05) is 18.5 Å². The molecule has 0 saturated carbocycles. The van der Waals surface area contributed by atoms with Crippen LogP contribution < -0.4 is 14.8 Å². The zero-order chi connectivity index (χ0) is 23.1. The minimum absolute atomic E-state index is 0.140. The predicted molar refractivity (Wildman–Crippen MR) is 130 cm³/mol. The lowest BCUT2D eigenvalue weighted by Crippen LogP contribution is -2.26. The van der Waals surface area contributed by atoms with Gasteiger partial charge in [-0.15, -0.1) is 0 Å². The first-order valence-electron chi connectivity index (χ1n) is 10.1. The van der Waals surface area contributed by atoms with Crippen LogP contribution in [0.5, 0.6) is 5.75 Å². The summed E-state index contributed by atoms with van der Waals surface area (Å²) in [4.78, 5) is 12.4. The van der Waals surface area contributed by atoms with E-state index in [9.17, 15) is 13.2 Å². The van der Waals surface area contributed by atoms with Crippen molar-refractivity contribution < 1.29 is 17.9 Å². The third-order valence-electron chi connectivity index (χ3n) is 4.77. The Kier molecular flexibility index (Phi) is 8.06. The van der Waals surface area contributed by atoms with Gasteiger partial charge in [-0.3, -0.25) is 4.79 Å². The Labute approximate surface area is 197 Å². The van der Waals surface area contributed by atoms with Gasteiger partial charge in [-0.1, -0.05) is 46.3 Å². The fraction of sp³-hybridized carbons (Fsp3) is 0.208. The Morgan fingerprint density at radius 2 is 1.59 bits per heavy atom. The van der Waals surface area contributed by atoms with Crippen molar-refractivity contribution in [2.24, 2.45) is 0 Å². The number of benzene rings is 3. The van der Waals surface area contributed by atoms with E-state index in [1.807, 2.05) is 56.3 Å². The molecular formula is C24H25BrN2O4S. The average Bonchev–Trinajstić information content (AvgIpc) is 2.74. The average molecular weight is 517 g/mol. The highest BCUT2D eigenvalue weighted by molar-refractivity contribution is 9.10. The van der Waals surface area contributed by atoms with Gasteiger partial charge in [0.2, 0.25) is 10.0 Å². The van der Waals surface area contributed by atoms with Gasteiger partial charge in [0.25, 0.3) is 5.91 Å². The number of anilines is 1. The Hall–Kier alpha value is -2.68. The molecule has 3 aromatic rings. The second-order valence-electron chi connectivity index (χ2n) is 7.36. The van der Waals surface area contributed by atoms with Crippen LogP contribution in [0.3, 0.4) is 0 Å². The summed E-state index contributed by atoms with van der Waals surface area (Å²) in [5.74, 6) is 0.342. The molecule has 0 aliphatic rings. The molecule has 0 heterocycles. The van der Waals surface area contributed by atoms with E-state index in [1.54, 1.807) is 12.1 Å². The van der Waals surface area contributed by atoms with Crippen molar-refractivity contribution in [1.82, 2.24) is 4.72 Å². The van der Waals surface area contributed by atoms with Crippen molar-refractivity contribution in [3.63, 3.8) is 0 Å². The van der Waals surface area contributed by atoms with E-state index >= 15 is 0 Å². The molecule has 0 spiro atoms. The van der Waals surface area contributed by atoms with E-state index in [4.69, 9.17) is 4.74 Å². The molecule has 0 radical (unpaired) electrons. The first-order valence-corrected chi connectivity index (χ1v) is 12.4. The highest BCUT2D eigenvalue weighted by atomic mass is 79.9. The third-order valence-corrected chi connectivity index (χ3v) is 6.70. The van der Waals surface area contributed by atoms with E-state index in [1.165, 1.54) is 12.1 Å². The number of ether oxygens (including phenoxy) is 1. The maximum absolute atomic E-state index is 12.5. The van der Waals surface area contributed by atoms with Gasteiger partial charge in [0, 0.05) is 16.7 Å². The summed E-state index contributed by atoms with van der Waals surface area (Å²) in [6.07, 6.45) is 0.603. The third kappa shape index (κ3) is 6.66. The van der Waals surface area contributed by atoms with Crippen molar-refractivity contribution >= 4 is 37.5 Å². The van der Waals surface area contributed by atoms with E-state index < -0.39 is 10.0 Å². The van der Waals surface area contributed by atoms with Crippen LogP contribution in [0.2, 0.25) is 0 Å². The van der Waals surface area contributed by atoms with Crippen LogP contribution in [0.25, 0.3) is 0 Å². The molecule has 3 rings (SSSR count). The molecule has 8 heteroatoms. The fourth-order valence-electron chi connectivity index (χ4n) is 3.24. The molecule has 0 atom stereocenters. The fourth-order valence-corrected chi connectivity index (χ4v) is 4.95. The Morgan fingerprint density at radius 1 is 0.969 bits per heavy atom. The van der Waals surface area contributed by atoms with Crippen molar-refractivity contribution in [3.8, 4) is 5.75 Å². The summed E-state index contributed by atoms with van der Waals surface area (Å²) in [5, 5.41) is 2.72. The number of hydrogen-bond donors (Lipinski definition) is 2. The summed E-state index contributed by atoms with van der Waals surface area (Å²) >= 11 is 3.43. The minimum Gasteiger partial charge on any atom is -0.483 e. The van der Waals surface area contributed by atoms with Crippen molar-refractivity contribution in [2.45, 2.75) is 25.2 Å². The monoisotopic (exact) mass is 516 g/mol. The number of rotatable bonds is 9. The molecule has 32 heavy (non-hydrogen) atoms. The minimum atomic E-state index is -3.63. The molecule has 2 N–H and O–H groups in total. The van der Waals surface area contributed by atoms with Crippen LogP contribution in [0, 0.1) is 13.8 Å². The molecule has 0 unspecified atom stereocenters. The number of amides is 1. The molecule has 1 amide bonds.